The van der Waals surface area contributed by atoms with Gasteiger partial charge in [-0.1, -0.05) is 0 Å². The molecular weight excluding hydrogens is 271 g/mol. The molecule has 3 N–H and O–H groups in total. The molecule has 1 atom stereocenters. The molecule has 0 aliphatic carbocycles. The van der Waals surface area contributed by atoms with Crippen molar-refractivity contribution in [1.29, 1.82) is 0 Å². The number of carboxylic acids is 1. The molecule has 0 radical (unpaired) electrons. The van der Waals surface area contributed by atoms with Crippen LogP contribution < -0.4 is 10.5 Å². The van der Waals surface area contributed by atoms with Crippen molar-refractivity contribution in [1.82, 2.24) is 0 Å². The lowest BCUT2D eigenvalue weighted by molar-refractivity contribution is -0.385. The molecular formula is C12H15FN2O5. The van der Waals surface area contributed by atoms with Gasteiger partial charge in [-0.2, -0.15) is 0 Å². The van der Waals surface area contributed by atoms with E-state index < -0.39 is 22.2 Å². The number of nitrogens with two attached hydrogens (primary N) is 1. The van der Waals surface area contributed by atoms with Gasteiger partial charge >= 0.3 is 5.97 Å². The maximum Gasteiger partial charge on any atom is 0.323 e. The van der Waals surface area contributed by atoms with Gasteiger partial charge in [-0.25, -0.2) is 4.39 Å². The number of nitro benzene ring substituents is 1. The summed E-state index contributed by atoms with van der Waals surface area (Å²) in [5, 5.41) is 19.2. The van der Waals surface area contributed by atoms with E-state index in [1.54, 1.807) is 0 Å². The lowest BCUT2D eigenvalue weighted by atomic mass is 9.98. The molecule has 1 aromatic rings. The number of non-ortho nitro benzene ring substituents is 1. The summed E-state index contributed by atoms with van der Waals surface area (Å²) >= 11 is 0. The molecule has 110 valence electrons. The number of nitrogens with zero attached hydrogens (tertiary/aromatic N) is 1. The first-order valence-corrected chi connectivity index (χ1v) is 5.83. The summed E-state index contributed by atoms with van der Waals surface area (Å²) in [5.41, 5.74) is 3.79. The van der Waals surface area contributed by atoms with E-state index in [4.69, 9.17) is 15.6 Å². The van der Waals surface area contributed by atoms with Gasteiger partial charge in [0.05, 0.1) is 17.6 Å². The number of benzene rings is 1. The Hall–Kier alpha value is -2.22. The van der Waals surface area contributed by atoms with E-state index in [2.05, 4.69) is 0 Å². The highest BCUT2D eigenvalue weighted by Crippen LogP contribution is 2.22. The molecule has 0 saturated heterocycles. The van der Waals surface area contributed by atoms with E-state index in [0.29, 0.717) is 6.42 Å². The van der Waals surface area contributed by atoms with Crippen molar-refractivity contribution >= 4 is 11.7 Å². The highest BCUT2D eigenvalue weighted by Gasteiger charge is 2.27. The van der Waals surface area contributed by atoms with Crippen LogP contribution in [0.3, 0.4) is 0 Å². The van der Waals surface area contributed by atoms with Crippen molar-refractivity contribution in [2.24, 2.45) is 5.73 Å². The van der Waals surface area contributed by atoms with Crippen LogP contribution >= 0.6 is 0 Å². The zero-order valence-electron chi connectivity index (χ0n) is 10.8. The van der Waals surface area contributed by atoms with Crippen molar-refractivity contribution < 1.29 is 24.0 Å². The third-order valence-corrected chi connectivity index (χ3v) is 2.71. The van der Waals surface area contributed by atoms with Gasteiger partial charge in [0.1, 0.15) is 5.54 Å². The van der Waals surface area contributed by atoms with Crippen LogP contribution in [0.1, 0.15) is 19.8 Å². The minimum Gasteiger partial charge on any atom is -0.491 e. The Morgan fingerprint density at radius 3 is 2.75 bits per heavy atom. The topological polar surface area (TPSA) is 116 Å². The first kappa shape index (κ1) is 15.8. The molecule has 7 nitrogen and oxygen atoms in total. The minimum absolute atomic E-state index is 0.0643. The fourth-order valence-electron chi connectivity index (χ4n) is 1.45. The molecule has 0 bridgehead atoms. The van der Waals surface area contributed by atoms with Gasteiger partial charge in [0.15, 0.2) is 11.6 Å². The number of carboxylic acid groups (broad SMARTS) is 1. The normalized spacial score (nSPS) is 13.6. The number of aliphatic carboxylic acids is 1. The van der Waals surface area contributed by atoms with E-state index in [-0.39, 0.29) is 24.5 Å². The minimum atomic E-state index is -1.36. The summed E-state index contributed by atoms with van der Waals surface area (Å²) in [6, 6.07) is 3.05. The predicted octanol–water partition coefficient (Wildman–Crippen LogP) is 1.69. The zero-order chi connectivity index (χ0) is 15.3. The lowest BCUT2D eigenvalue weighted by Gasteiger charge is -2.18. The number of hydrogen-bond donors (Lipinski definition) is 2. The largest absolute Gasteiger partial charge is 0.491 e. The Labute approximate surface area is 114 Å². The molecule has 1 aromatic carbocycles. The van der Waals surface area contributed by atoms with Crippen LogP contribution in [0.2, 0.25) is 0 Å². The standard InChI is InChI=1S/C12H15FN2O5/c1-12(14,11(16)17)5-2-6-20-10-4-3-8(15(18)19)7-9(10)13/h3-4,7H,2,5-6,14H2,1H3,(H,16,17). The molecule has 1 unspecified atom stereocenters. The molecule has 0 saturated carbocycles. The quantitative estimate of drug-likeness (QED) is 0.447. The van der Waals surface area contributed by atoms with Crippen LogP contribution in [0.25, 0.3) is 0 Å². The molecule has 0 amide bonds. The van der Waals surface area contributed by atoms with E-state index in [0.717, 1.165) is 18.2 Å². The van der Waals surface area contributed by atoms with Crippen LogP contribution in [0.15, 0.2) is 18.2 Å². The monoisotopic (exact) mass is 286 g/mol. The van der Waals surface area contributed by atoms with Crippen molar-refractivity contribution in [2.45, 2.75) is 25.3 Å². The fourth-order valence-corrected chi connectivity index (χ4v) is 1.45. The lowest BCUT2D eigenvalue weighted by Crippen LogP contribution is -2.44. The van der Waals surface area contributed by atoms with Crippen molar-refractivity contribution in [3.8, 4) is 5.75 Å². The van der Waals surface area contributed by atoms with Gasteiger partial charge in [0.2, 0.25) is 0 Å². The van der Waals surface area contributed by atoms with E-state index in [1.807, 2.05) is 0 Å². The number of carbonyl (C=O) groups is 1. The number of nitro groups is 1. The second-order valence-corrected chi connectivity index (χ2v) is 4.55. The van der Waals surface area contributed by atoms with Gasteiger partial charge in [0.25, 0.3) is 5.69 Å². The summed E-state index contributed by atoms with van der Waals surface area (Å²) < 4.78 is 18.6. The first-order chi connectivity index (χ1) is 9.24. The molecule has 1 rings (SSSR count). The number of halogens is 1. The average Bonchev–Trinajstić information content (AvgIpc) is 2.35. The van der Waals surface area contributed by atoms with E-state index >= 15 is 0 Å². The number of rotatable bonds is 7. The third kappa shape index (κ3) is 4.16. The first-order valence-electron chi connectivity index (χ1n) is 5.83. The predicted molar refractivity (Wildman–Crippen MR) is 68.0 cm³/mol. The smallest absolute Gasteiger partial charge is 0.323 e. The summed E-state index contributed by atoms with van der Waals surface area (Å²) in [6.07, 6.45) is 0.479. The van der Waals surface area contributed by atoms with Crippen LogP contribution in [0, 0.1) is 15.9 Å². The number of hydrogen-bond acceptors (Lipinski definition) is 5. The van der Waals surface area contributed by atoms with Crippen LogP contribution in [0.5, 0.6) is 5.75 Å². The Balaban J connectivity index is 2.51. The second kappa shape index (κ2) is 6.29. The third-order valence-electron chi connectivity index (χ3n) is 2.71. The Morgan fingerprint density at radius 1 is 1.60 bits per heavy atom. The highest BCUT2D eigenvalue weighted by molar-refractivity contribution is 5.77. The van der Waals surface area contributed by atoms with Gasteiger partial charge in [0, 0.05) is 6.07 Å². The molecule has 0 spiro atoms. The van der Waals surface area contributed by atoms with Crippen molar-refractivity contribution in [3.63, 3.8) is 0 Å². The molecule has 0 heterocycles. The molecule has 0 aliphatic rings. The average molecular weight is 286 g/mol. The molecule has 20 heavy (non-hydrogen) atoms. The fraction of sp³-hybridized carbons (Fsp3) is 0.417. The van der Waals surface area contributed by atoms with Gasteiger partial charge in [-0.15, -0.1) is 0 Å². The Kier molecular flexibility index (Phi) is 4.98. The maximum absolute atomic E-state index is 13.5. The molecule has 8 heteroatoms. The summed E-state index contributed by atoms with van der Waals surface area (Å²) in [7, 11) is 0. The van der Waals surface area contributed by atoms with Gasteiger partial charge in [-0.05, 0) is 25.8 Å². The summed E-state index contributed by atoms with van der Waals surface area (Å²) in [5.74, 6) is -2.09. The summed E-state index contributed by atoms with van der Waals surface area (Å²) in [4.78, 5) is 20.5. The maximum atomic E-state index is 13.5. The van der Waals surface area contributed by atoms with Gasteiger partial charge < -0.3 is 15.6 Å². The highest BCUT2D eigenvalue weighted by atomic mass is 19.1. The Morgan fingerprint density at radius 2 is 2.25 bits per heavy atom. The molecule has 0 aliphatic heterocycles. The van der Waals surface area contributed by atoms with E-state index in [9.17, 15) is 19.3 Å². The summed E-state index contributed by atoms with van der Waals surface area (Å²) in [6.45, 7) is 1.44. The van der Waals surface area contributed by atoms with Crippen LogP contribution in [-0.4, -0.2) is 28.1 Å². The van der Waals surface area contributed by atoms with Crippen molar-refractivity contribution in [3.05, 3.63) is 34.1 Å². The van der Waals surface area contributed by atoms with Gasteiger partial charge in [-0.3, -0.25) is 14.9 Å². The van der Waals surface area contributed by atoms with Crippen molar-refractivity contribution in [2.75, 3.05) is 6.61 Å². The second-order valence-electron chi connectivity index (χ2n) is 4.55. The zero-order valence-corrected chi connectivity index (χ0v) is 10.8. The van der Waals surface area contributed by atoms with E-state index in [1.165, 1.54) is 6.92 Å². The SMILES string of the molecule is CC(N)(CCCOc1ccc([N+](=O)[O-])cc1F)C(=O)O. The molecule has 0 fully saturated rings. The number of ether oxygens (including phenoxy) is 1. The van der Waals surface area contributed by atoms with Crippen LogP contribution in [0.4, 0.5) is 10.1 Å². The van der Waals surface area contributed by atoms with Crippen LogP contribution in [-0.2, 0) is 4.79 Å². The Bertz CT molecular complexity index is 519. The molecule has 0 aromatic heterocycles.